The highest BCUT2D eigenvalue weighted by molar-refractivity contribution is 7.18. The van der Waals surface area contributed by atoms with Crippen LogP contribution >= 0.6 is 11.3 Å². The Morgan fingerprint density at radius 3 is 2.65 bits per heavy atom. The normalized spacial score (nSPS) is 15.4. The Morgan fingerprint density at radius 1 is 1.04 bits per heavy atom. The van der Waals surface area contributed by atoms with Crippen molar-refractivity contribution in [3.05, 3.63) is 35.5 Å². The van der Waals surface area contributed by atoms with E-state index in [1.165, 1.54) is 4.70 Å². The second-order valence-corrected chi connectivity index (χ2v) is 7.22. The molecule has 0 N–H and O–H groups in total. The molecule has 1 fully saturated rings. The van der Waals surface area contributed by atoms with Gasteiger partial charge in [0.25, 0.3) is 0 Å². The maximum absolute atomic E-state index is 5.29. The Balaban J connectivity index is 1.39. The van der Waals surface area contributed by atoms with E-state index in [1.54, 1.807) is 37.8 Å². The SMILES string of the molecule is COc1ccc2nc(CN3CCN(c4nccc(OC)n4)CC3)sc2c1. The molecule has 136 valence electrons. The van der Waals surface area contributed by atoms with E-state index >= 15 is 0 Å². The largest absolute Gasteiger partial charge is 0.497 e. The van der Waals surface area contributed by atoms with Gasteiger partial charge in [-0.25, -0.2) is 9.97 Å². The van der Waals surface area contributed by atoms with Crippen LogP contribution in [0.3, 0.4) is 0 Å². The second kappa shape index (κ2) is 7.43. The topological polar surface area (TPSA) is 63.6 Å². The fraction of sp³-hybridized carbons (Fsp3) is 0.389. The minimum Gasteiger partial charge on any atom is -0.497 e. The number of hydrogen-bond donors (Lipinski definition) is 0. The van der Waals surface area contributed by atoms with E-state index in [4.69, 9.17) is 14.5 Å². The number of hydrogen-bond acceptors (Lipinski definition) is 8. The summed E-state index contributed by atoms with van der Waals surface area (Å²) in [5, 5.41) is 1.14. The minimum atomic E-state index is 0.599. The molecule has 4 rings (SSSR count). The molecule has 3 heterocycles. The average Bonchev–Trinajstić information content (AvgIpc) is 3.09. The number of rotatable bonds is 5. The monoisotopic (exact) mass is 371 g/mol. The molecule has 7 nitrogen and oxygen atoms in total. The number of ether oxygens (including phenoxy) is 2. The lowest BCUT2D eigenvalue weighted by Crippen LogP contribution is -2.46. The predicted octanol–water partition coefficient (Wildman–Crippen LogP) is 2.43. The molecule has 0 bridgehead atoms. The third kappa shape index (κ3) is 3.56. The summed E-state index contributed by atoms with van der Waals surface area (Å²) >= 11 is 1.73. The summed E-state index contributed by atoms with van der Waals surface area (Å²) in [6.45, 7) is 4.58. The van der Waals surface area contributed by atoms with Crippen molar-refractivity contribution in [2.75, 3.05) is 45.3 Å². The summed E-state index contributed by atoms with van der Waals surface area (Å²) in [6, 6.07) is 7.79. The Hall–Kier alpha value is -2.45. The van der Waals surface area contributed by atoms with Crippen molar-refractivity contribution in [2.45, 2.75) is 6.54 Å². The molecule has 0 amide bonds. The van der Waals surface area contributed by atoms with Crippen LogP contribution in [0.4, 0.5) is 5.95 Å². The summed E-state index contributed by atoms with van der Waals surface area (Å²) in [5.74, 6) is 2.21. The van der Waals surface area contributed by atoms with Gasteiger partial charge in [-0.05, 0) is 18.2 Å². The summed E-state index contributed by atoms with van der Waals surface area (Å²) in [7, 11) is 3.31. The Labute approximate surface area is 156 Å². The van der Waals surface area contributed by atoms with Crippen LogP contribution < -0.4 is 14.4 Å². The highest BCUT2D eigenvalue weighted by Crippen LogP contribution is 2.27. The van der Waals surface area contributed by atoms with Crippen LogP contribution in [-0.2, 0) is 6.54 Å². The van der Waals surface area contributed by atoms with Crippen LogP contribution in [0.2, 0.25) is 0 Å². The summed E-state index contributed by atoms with van der Waals surface area (Å²) in [6.07, 6.45) is 1.74. The number of piperazine rings is 1. The fourth-order valence-electron chi connectivity index (χ4n) is 3.04. The van der Waals surface area contributed by atoms with Crippen LogP contribution in [-0.4, -0.2) is 60.3 Å². The summed E-state index contributed by atoms with van der Waals surface area (Å²) < 4.78 is 11.7. The van der Waals surface area contributed by atoms with E-state index in [0.29, 0.717) is 5.88 Å². The molecule has 0 aliphatic carbocycles. The van der Waals surface area contributed by atoms with Gasteiger partial charge in [0.1, 0.15) is 10.8 Å². The minimum absolute atomic E-state index is 0.599. The number of aromatic nitrogens is 3. The van der Waals surface area contributed by atoms with Gasteiger partial charge in [-0.1, -0.05) is 0 Å². The second-order valence-electron chi connectivity index (χ2n) is 6.10. The molecular formula is C18H21N5O2S. The first kappa shape index (κ1) is 17.0. The van der Waals surface area contributed by atoms with Crippen molar-refractivity contribution in [3.8, 4) is 11.6 Å². The third-order valence-corrected chi connectivity index (χ3v) is 5.48. The Kier molecular flexibility index (Phi) is 4.85. The van der Waals surface area contributed by atoms with E-state index in [-0.39, 0.29) is 0 Å². The Morgan fingerprint density at radius 2 is 1.88 bits per heavy atom. The molecule has 1 aromatic carbocycles. The predicted molar refractivity (Wildman–Crippen MR) is 102 cm³/mol. The molecule has 0 spiro atoms. The zero-order chi connectivity index (χ0) is 17.9. The fourth-order valence-corrected chi connectivity index (χ4v) is 4.08. The maximum Gasteiger partial charge on any atom is 0.228 e. The molecule has 0 atom stereocenters. The van der Waals surface area contributed by atoms with Crippen molar-refractivity contribution in [2.24, 2.45) is 0 Å². The molecule has 1 aliphatic heterocycles. The van der Waals surface area contributed by atoms with E-state index < -0.39 is 0 Å². The molecule has 2 aromatic heterocycles. The maximum atomic E-state index is 5.29. The first-order valence-corrected chi connectivity index (χ1v) is 9.34. The number of methoxy groups -OCH3 is 2. The number of anilines is 1. The molecular weight excluding hydrogens is 350 g/mol. The van der Waals surface area contributed by atoms with Gasteiger partial charge in [0.15, 0.2) is 0 Å². The Bertz CT molecular complexity index is 892. The number of fused-ring (bicyclic) bond motifs is 1. The van der Waals surface area contributed by atoms with Gasteiger partial charge < -0.3 is 14.4 Å². The summed E-state index contributed by atoms with van der Waals surface area (Å²) in [5.41, 5.74) is 1.04. The number of benzene rings is 1. The lowest BCUT2D eigenvalue weighted by Gasteiger charge is -2.34. The smallest absolute Gasteiger partial charge is 0.228 e. The van der Waals surface area contributed by atoms with Crippen molar-refractivity contribution < 1.29 is 9.47 Å². The van der Waals surface area contributed by atoms with Gasteiger partial charge in [0.05, 0.1) is 31.0 Å². The molecule has 1 saturated heterocycles. The summed E-state index contributed by atoms with van der Waals surface area (Å²) in [4.78, 5) is 18.1. The zero-order valence-electron chi connectivity index (χ0n) is 14.9. The van der Waals surface area contributed by atoms with Gasteiger partial charge >= 0.3 is 0 Å². The first-order chi connectivity index (χ1) is 12.7. The van der Waals surface area contributed by atoms with Crippen molar-refractivity contribution >= 4 is 27.5 Å². The molecule has 8 heteroatoms. The van der Waals surface area contributed by atoms with E-state index in [2.05, 4.69) is 25.8 Å². The van der Waals surface area contributed by atoms with Crippen molar-refractivity contribution in [3.63, 3.8) is 0 Å². The van der Waals surface area contributed by atoms with Crippen molar-refractivity contribution in [1.82, 2.24) is 19.9 Å². The molecule has 0 saturated carbocycles. The van der Waals surface area contributed by atoms with E-state index in [1.807, 2.05) is 12.1 Å². The van der Waals surface area contributed by atoms with Gasteiger partial charge in [0.2, 0.25) is 11.8 Å². The molecule has 26 heavy (non-hydrogen) atoms. The van der Waals surface area contributed by atoms with Gasteiger partial charge in [-0.15, -0.1) is 11.3 Å². The quantitative estimate of drug-likeness (QED) is 0.682. The highest BCUT2D eigenvalue weighted by Gasteiger charge is 2.20. The standard InChI is InChI=1S/C18H21N5O2S/c1-24-13-3-4-14-15(11-13)26-17(20-14)12-22-7-9-23(10-8-22)18-19-6-5-16(21-18)25-2/h3-6,11H,7-10,12H2,1-2H3. The van der Waals surface area contributed by atoms with Gasteiger partial charge in [-0.2, -0.15) is 4.98 Å². The van der Waals surface area contributed by atoms with Crippen molar-refractivity contribution in [1.29, 1.82) is 0 Å². The van der Waals surface area contributed by atoms with Crippen LogP contribution in [0.1, 0.15) is 5.01 Å². The van der Waals surface area contributed by atoms with Crippen LogP contribution in [0, 0.1) is 0 Å². The van der Waals surface area contributed by atoms with Crippen LogP contribution in [0.15, 0.2) is 30.5 Å². The van der Waals surface area contributed by atoms with E-state index in [0.717, 1.165) is 54.9 Å². The lowest BCUT2D eigenvalue weighted by molar-refractivity contribution is 0.248. The molecule has 0 radical (unpaired) electrons. The molecule has 3 aromatic rings. The van der Waals surface area contributed by atoms with Crippen LogP contribution in [0.25, 0.3) is 10.2 Å². The number of nitrogens with zero attached hydrogens (tertiary/aromatic N) is 5. The number of thiazole rings is 1. The van der Waals surface area contributed by atoms with Gasteiger partial charge in [0, 0.05) is 38.4 Å². The van der Waals surface area contributed by atoms with E-state index in [9.17, 15) is 0 Å². The van der Waals surface area contributed by atoms with Crippen LogP contribution in [0.5, 0.6) is 11.6 Å². The molecule has 0 unspecified atom stereocenters. The first-order valence-electron chi connectivity index (χ1n) is 8.53. The highest BCUT2D eigenvalue weighted by atomic mass is 32.1. The third-order valence-electron chi connectivity index (χ3n) is 4.48. The van der Waals surface area contributed by atoms with Gasteiger partial charge in [-0.3, -0.25) is 4.90 Å². The lowest BCUT2D eigenvalue weighted by atomic mass is 10.3. The zero-order valence-corrected chi connectivity index (χ0v) is 15.7. The average molecular weight is 371 g/mol. The molecule has 1 aliphatic rings.